The molecule has 0 radical (unpaired) electrons. The van der Waals surface area contributed by atoms with Crippen molar-refractivity contribution >= 4 is 29.9 Å². The maximum Gasteiger partial charge on any atom is 0.193 e. The number of benzene rings is 1. The quantitative estimate of drug-likeness (QED) is 0.436. The highest BCUT2D eigenvalue weighted by molar-refractivity contribution is 14.0. The Kier molecular flexibility index (Phi) is 8.50. The lowest BCUT2D eigenvalue weighted by molar-refractivity contribution is 0.0202. The Balaban J connectivity index is 0.00000288. The van der Waals surface area contributed by atoms with Crippen LogP contribution in [-0.4, -0.2) is 50.8 Å². The minimum atomic E-state index is 0. The van der Waals surface area contributed by atoms with E-state index in [-0.39, 0.29) is 35.5 Å². The highest BCUT2D eigenvalue weighted by Gasteiger charge is 2.28. The van der Waals surface area contributed by atoms with E-state index in [1.807, 2.05) is 7.05 Å². The second-order valence-corrected chi connectivity index (χ2v) is 7.36. The van der Waals surface area contributed by atoms with Crippen LogP contribution in [0.15, 0.2) is 35.3 Å². The number of methoxy groups -OCH3 is 1. The molecule has 2 atom stereocenters. The molecule has 1 saturated heterocycles. The summed E-state index contributed by atoms with van der Waals surface area (Å²) < 4.78 is 5.63. The molecule has 1 fully saturated rings. The smallest absolute Gasteiger partial charge is 0.193 e. The van der Waals surface area contributed by atoms with Gasteiger partial charge >= 0.3 is 0 Å². The van der Waals surface area contributed by atoms with Crippen molar-refractivity contribution in [2.45, 2.75) is 39.2 Å². The Bertz CT molecular complexity index is 513. The van der Waals surface area contributed by atoms with E-state index in [4.69, 9.17) is 4.74 Å². The van der Waals surface area contributed by atoms with Gasteiger partial charge in [-0.25, -0.2) is 0 Å². The first-order valence-electron chi connectivity index (χ1n) is 8.49. The van der Waals surface area contributed by atoms with Gasteiger partial charge in [-0.2, -0.15) is 0 Å². The maximum atomic E-state index is 5.63. The van der Waals surface area contributed by atoms with Crippen LogP contribution in [0.3, 0.4) is 0 Å². The van der Waals surface area contributed by atoms with E-state index >= 15 is 0 Å². The standard InChI is InChI=1S/C19H31N3O.HI/c1-19(2,3)17(23-5)13-21-18(20-4)22-12-11-16(14-22)15-9-7-6-8-10-15;/h6-10,16-17H,11-14H2,1-5H3,(H,20,21);1H. The van der Waals surface area contributed by atoms with Gasteiger partial charge in [-0.05, 0) is 17.4 Å². The maximum absolute atomic E-state index is 5.63. The third-order valence-corrected chi connectivity index (χ3v) is 4.67. The third kappa shape index (κ3) is 5.62. The van der Waals surface area contributed by atoms with Gasteiger partial charge in [0.15, 0.2) is 5.96 Å². The van der Waals surface area contributed by atoms with E-state index in [0.29, 0.717) is 5.92 Å². The van der Waals surface area contributed by atoms with E-state index in [0.717, 1.165) is 25.6 Å². The molecule has 5 heteroatoms. The molecule has 0 saturated carbocycles. The molecule has 0 bridgehead atoms. The number of guanidine groups is 1. The van der Waals surface area contributed by atoms with Crippen LogP contribution in [0.4, 0.5) is 0 Å². The van der Waals surface area contributed by atoms with Crippen molar-refractivity contribution in [1.29, 1.82) is 0 Å². The molecular formula is C19H32IN3O. The number of ether oxygens (including phenoxy) is 1. The van der Waals surface area contributed by atoms with Crippen LogP contribution in [0.5, 0.6) is 0 Å². The highest BCUT2D eigenvalue weighted by Crippen LogP contribution is 2.27. The van der Waals surface area contributed by atoms with Crippen molar-refractivity contribution < 1.29 is 4.74 Å². The van der Waals surface area contributed by atoms with Crippen LogP contribution in [0, 0.1) is 5.41 Å². The number of nitrogens with one attached hydrogen (secondary N) is 1. The molecule has 24 heavy (non-hydrogen) atoms. The summed E-state index contributed by atoms with van der Waals surface area (Å²) in [6.07, 6.45) is 1.34. The average molecular weight is 445 g/mol. The normalized spacial score (nSPS) is 19.8. The van der Waals surface area contributed by atoms with Crippen molar-refractivity contribution in [1.82, 2.24) is 10.2 Å². The van der Waals surface area contributed by atoms with Crippen molar-refractivity contribution in [3.8, 4) is 0 Å². The fourth-order valence-corrected chi connectivity index (χ4v) is 3.21. The van der Waals surface area contributed by atoms with Crippen LogP contribution in [0.25, 0.3) is 0 Å². The fraction of sp³-hybridized carbons (Fsp3) is 0.632. The lowest BCUT2D eigenvalue weighted by Gasteiger charge is -2.31. The lowest BCUT2D eigenvalue weighted by Crippen LogP contribution is -2.46. The van der Waals surface area contributed by atoms with Crippen molar-refractivity contribution in [2.24, 2.45) is 10.4 Å². The molecule has 1 aliphatic heterocycles. The minimum Gasteiger partial charge on any atom is -0.379 e. The van der Waals surface area contributed by atoms with Gasteiger partial charge in [-0.15, -0.1) is 24.0 Å². The summed E-state index contributed by atoms with van der Waals surface area (Å²) in [6, 6.07) is 10.8. The van der Waals surface area contributed by atoms with Gasteiger partial charge in [0.25, 0.3) is 0 Å². The average Bonchev–Trinajstić information content (AvgIpc) is 3.01. The summed E-state index contributed by atoms with van der Waals surface area (Å²) in [5, 5.41) is 3.49. The molecule has 1 aliphatic rings. The van der Waals surface area contributed by atoms with E-state index in [2.05, 4.69) is 66.3 Å². The van der Waals surface area contributed by atoms with Crippen LogP contribution in [-0.2, 0) is 4.74 Å². The van der Waals surface area contributed by atoms with Crippen LogP contribution in [0.2, 0.25) is 0 Å². The number of nitrogens with zero attached hydrogens (tertiary/aromatic N) is 2. The summed E-state index contributed by atoms with van der Waals surface area (Å²) in [5.74, 6) is 1.57. The van der Waals surface area contributed by atoms with Gasteiger partial charge in [-0.1, -0.05) is 51.1 Å². The minimum absolute atomic E-state index is 0. The Morgan fingerprint density at radius 1 is 1.33 bits per heavy atom. The number of likely N-dealkylation sites (tertiary alicyclic amines) is 1. The zero-order valence-electron chi connectivity index (χ0n) is 15.6. The zero-order chi connectivity index (χ0) is 16.9. The van der Waals surface area contributed by atoms with Crippen molar-refractivity contribution in [2.75, 3.05) is 33.8 Å². The first-order valence-corrected chi connectivity index (χ1v) is 8.49. The number of aliphatic imine (C=N–C) groups is 1. The van der Waals surface area contributed by atoms with E-state index in [9.17, 15) is 0 Å². The summed E-state index contributed by atoms with van der Waals surface area (Å²) in [5.41, 5.74) is 1.54. The van der Waals surface area contributed by atoms with Gasteiger partial charge in [0.05, 0.1) is 6.10 Å². The highest BCUT2D eigenvalue weighted by atomic mass is 127. The Labute approximate surface area is 164 Å². The fourth-order valence-electron chi connectivity index (χ4n) is 3.21. The molecule has 0 amide bonds. The zero-order valence-corrected chi connectivity index (χ0v) is 17.9. The predicted molar refractivity (Wildman–Crippen MR) is 112 cm³/mol. The number of rotatable bonds is 4. The van der Waals surface area contributed by atoms with Crippen molar-refractivity contribution in [3.05, 3.63) is 35.9 Å². The predicted octanol–water partition coefficient (Wildman–Crippen LogP) is 3.73. The van der Waals surface area contributed by atoms with Gasteiger partial charge < -0.3 is 15.0 Å². The number of halogens is 1. The summed E-state index contributed by atoms with van der Waals surface area (Å²) in [7, 11) is 3.64. The molecule has 1 aromatic carbocycles. The Morgan fingerprint density at radius 2 is 2.00 bits per heavy atom. The van der Waals surface area contributed by atoms with Gasteiger partial charge in [0, 0.05) is 39.7 Å². The van der Waals surface area contributed by atoms with Gasteiger partial charge in [-0.3, -0.25) is 4.99 Å². The van der Waals surface area contributed by atoms with Gasteiger partial charge in [0.1, 0.15) is 0 Å². The number of hydrogen-bond acceptors (Lipinski definition) is 2. The largest absolute Gasteiger partial charge is 0.379 e. The lowest BCUT2D eigenvalue weighted by atomic mass is 9.89. The second kappa shape index (κ2) is 9.61. The third-order valence-electron chi connectivity index (χ3n) is 4.67. The first kappa shape index (κ1) is 21.2. The van der Waals surface area contributed by atoms with Gasteiger partial charge in [0.2, 0.25) is 0 Å². The second-order valence-electron chi connectivity index (χ2n) is 7.36. The Hall–Kier alpha value is -0.820. The van der Waals surface area contributed by atoms with E-state index in [1.54, 1.807) is 7.11 Å². The molecule has 1 N–H and O–H groups in total. The molecular weight excluding hydrogens is 413 g/mol. The molecule has 0 aliphatic carbocycles. The molecule has 0 spiro atoms. The summed E-state index contributed by atoms with van der Waals surface area (Å²) in [6.45, 7) is 9.45. The summed E-state index contributed by atoms with van der Waals surface area (Å²) in [4.78, 5) is 6.82. The van der Waals surface area contributed by atoms with E-state index in [1.165, 1.54) is 12.0 Å². The molecule has 136 valence electrons. The number of hydrogen-bond donors (Lipinski definition) is 1. The van der Waals surface area contributed by atoms with Crippen LogP contribution >= 0.6 is 24.0 Å². The molecule has 4 nitrogen and oxygen atoms in total. The SMILES string of the molecule is CN=C(NCC(OC)C(C)(C)C)N1CCC(c2ccccc2)C1.I. The molecule has 2 unspecified atom stereocenters. The Morgan fingerprint density at radius 3 is 2.54 bits per heavy atom. The van der Waals surface area contributed by atoms with Crippen LogP contribution in [0.1, 0.15) is 38.7 Å². The molecule has 1 heterocycles. The molecule has 2 rings (SSSR count). The molecule has 0 aromatic heterocycles. The summed E-state index contributed by atoms with van der Waals surface area (Å²) >= 11 is 0. The van der Waals surface area contributed by atoms with Crippen LogP contribution < -0.4 is 5.32 Å². The molecule has 1 aromatic rings. The monoisotopic (exact) mass is 445 g/mol. The van der Waals surface area contributed by atoms with Crippen molar-refractivity contribution in [3.63, 3.8) is 0 Å². The first-order chi connectivity index (χ1) is 11.0. The van der Waals surface area contributed by atoms with E-state index < -0.39 is 0 Å². The topological polar surface area (TPSA) is 36.9 Å².